The summed E-state index contributed by atoms with van der Waals surface area (Å²) < 4.78 is 22.3. The fourth-order valence-corrected chi connectivity index (χ4v) is 3.86. The summed E-state index contributed by atoms with van der Waals surface area (Å²) in [4.78, 5) is 19.2. The van der Waals surface area contributed by atoms with E-state index in [1.54, 1.807) is 29.3 Å². The van der Waals surface area contributed by atoms with Crippen molar-refractivity contribution in [3.63, 3.8) is 0 Å². The molecule has 1 fully saturated rings. The van der Waals surface area contributed by atoms with Crippen molar-refractivity contribution in [3.8, 4) is 17.2 Å². The topological polar surface area (TPSA) is 70.1 Å². The van der Waals surface area contributed by atoms with Crippen LogP contribution < -0.4 is 14.2 Å². The maximum absolute atomic E-state index is 13.1. The Bertz CT molecular complexity index is 891. The largest absolute Gasteiger partial charge is 0.491 e. The van der Waals surface area contributed by atoms with Gasteiger partial charge in [0.15, 0.2) is 11.5 Å². The lowest BCUT2D eigenvalue weighted by molar-refractivity contribution is -0.0402. The first kappa shape index (κ1) is 19.6. The zero-order valence-electron chi connectivity index (χ0n) is 15.9. The van der Waals surface area contributed by atoms with Gasteiger partial charge in [-0.05, 0) is 24.3 Å². The van der Waals surface area contributed by atoms with Crippen molar-refractivity contribution >= 4 is 17.7 Å². The number of hydrogen-bond acceptors (Lipinski definition) is 7. The molecule has 0 spiro atoms. The van der Waals surface area contributed by atoms with Gasteiger partial charge < -0.3 is 23.8 Å². The summed E-state index contributed by atoms with van der Waals surface area (Å²) in [6.45, 7) is 5.76. The second-order valence-corrected chi connectivity index (χ2v) is 7.53. The van der Waals surface area contributed by atoms with E-state index in [1.165, 1.54) is 11.8 Å². The smallest absolute Gasteiger partial charge is 0.256 e. The molecule has 2 aliphatic rings. The predicted octanol–water partition coefficient (Wildman–Crippen LogP) is 3.01. The van der Waals surface area contributed by atoms with Crippen molar-refractivity contribution in [2.45, 2.75) is 11.1 Å². The third-order valence-corrected chi connectivity index (χ3v) is 5.55. The lowest BCUT2D eigenvalue weighted by atomic mass is 10.2. The van der Waals surface area contributed by atoms with Gasteiger partial charge in [-0.1, -0.05) is 6.08 Å². The molecule has 0 aliphatic carbocycles. The zero-order valence-corrected chi connectivity index (χ0v) is 16.7. The number of morpholine rings is 1. The average molecular weight is 414 g/mol. The van der Waals surface area contributed by atoms with E-state index in [0.717, 1.165) is 5.03 Å². The molecule has 7 nitrogen and oxygen atoms in total. The fraction of sp³-hybridized carbons (Fsp3) is 0.333. The number of carbonyl (C=O) groups excluding carboxylic acids is 1. The molecule has 1 amide bonds. The molecule has 8 heteroatoms. The lowest BCUT2D eigenvalue weighted by Gasteiger charge is -2.33. The Labute approximate surface area is 173 Å². The maximum Gasteiger partial charge on any atom is 0.256 e. The number of carbonyl (C=O) groups is 1. The van der Waals surface area contributed by atoms with Gasteiger partial charge in [0, 0.05) is 24.6 Å². The summed E-state index contributed by atoms with van der Waals surface area (Å²) >= 11 is 1.50. The van der Waals surface area contributed by atoms with E-state index in [4.69, 9.17) is 18.9 Å². The molecule has 1 unspecified atom stereocenters. The number of fused-ring (bicyclic) bond motifs is 1. The Morgan fingerprint density at radius 2 is 2.24 bits per heavy atom. The van der Waals surface area contributed by atoms with Crippen molar-refractivity contribution in [1.29, 1.82) is 0 Å². The number of nitrogens with zero attached hydrogens (tertiary/aromatic N) is 2. The van der Waals surface area contributed by atoms with E-state index < -0.39 is 0 Å². The van der Waals surface area contributed by atoms with Crippen molar-refractivity contribution in [2.24, 2.45) is 0 Å². The summed E-state index contributed by atoms with van der Waals surface area (Å²) in [5, 5.41) is 0.719. The molecule has 1 atom stereocenters. The van der Waals surface area contributed by atoms with Crippen molar-refractivity contribution < 1.29 is 23.7 Å². The summed E-state index contributed by atoms with van der Waals surface area (Å²) in [6.07, 6.45) is 3.29. The minimum Gasteiger partial charge on any atom is -0.491 e. The number of rotatable bonds is 7. The molecule has 4 rings (SSSR count). The fourth-order valence-electron chi connectivity index (χ4n) is 3.14. The van der Waals surface area contributed by atoms with Crippen molar-refractivity contribution in [1.82, 2.24) is 9.88 Å². The lowest BCUT2D eigenvalue weighted by Crippen LogP contribution is -2.47. The predicted molar refractivity (Wildman–Crippen MR) is 109 cm³/mol. The van der Waals surface area contributed by atoms with E-state index in [2.05, 4.69) is 11.6 Å². The van der Waals surface area contributed by atoms with Gasteiger partial charge in [0.25, 0.3) is 5.91 Å². The summed E-state index contributed by atoms with van der Waals surface area (Å²) in [5.74, 6) is 2.72. The van der Waals surface area contributed by atoms with Crippen LogP contribution >= 0.6 is 11.8 Å². The Morgan fingerprint density at radius 3 is 3.14 bits per heavy atom. The molecule has 3 heterocycles. The quantitative estimate of drug-likeness (QED) is 0.509. The van der Waals surface area contributed by atoms with E-state index in [-0.39, 0.29) is 18.8 Å². The van der Waals surface area contributed by atoms with Gasteiger partial charge in [-0.25, -0.2) is 4.98 Å². The van der Waals surface area contributed by atoms with E-state index in [1.807, 2.05) is 18.2 Å². The molecule has 1 saturated heterocycles. The van der Waals surface area contributed by atoms with Gasteiger partial charge in [-0.15, -0.1) is 18.3 Å². The Hall–Kier alpha value is -2.71. The first-order valence-corrected chi connectivity index (χ1v) is 10.3. The SMILES string of the molecule is C=CCSc1ncccc1C(=O)N1CCOC(COc2ccc3c(c2)OCO3)C1. The molecule has 0 radical (unpaired) electrons. The minimum absolute atomic E-state index is 0.0407. The van der Waals surface area contributed by atoms with Gasteiger partial charge in [-0.2, -0.15) is 0 Å². The highest BCUT2D eigenvalue weighted by molar-refractivity contribution is 7.99. The third-order valence-electron chi connectivity index (χ3n) is 4.55. The number of amides is 1. The van der Waals surface area contributed by atoms with Gasteiger partial charge in [0.05, 0.1) is 18.7 Å². The molecular formula is C21H22N2O5S. The van der Waals surface area contributed by atoms with Crippen LogP contribution in [-0.2, 0) is 4.74 Å². The number of thioether (sulfide) groups is 1. The molecule has 2 aromatic rings. The van der Waals surface area contributed by atoms with Crippen LogP contribution in [0.25, 0.3) is 0 Å². The van der Waals surface area contributed by atoms with E-state index in [9.17, 15) is 4.79 Å². The molecule has 1 aromatic carbocycles. The summed E-state index contributed by atoms with van der Waals surface area (Å²) in [6, 6.07) is 9.05. The first-order chi connectivity index (χ1) is 14.2. The van der Waals surface area contributed by atoms with Crippen LogP contribution in [0, 0.1) is 0 Å². The van der Waals surface area contributed by atoms with Gasteiger partial charge in [0.1, 0.15) is 23.5 Å². The minimum atomic E-state index is -0.209. The van der Waals surface area contributed by atoms with Crippen LogP contribution in [0.15, 0.2) is 54.2 Å². The second kappa shape index (κ2) is 9.19. The molecule has 152 valence electrons. The van der Waals surface area contributed by atoms with Gasteiger partial charge >= 0.3 is 0 Å². The second-order valence-electron chi connectivity index (χ2n) is 6.53. The van der Waals surface area contributed by atoms with Crippen LogP contribution in [0.1, 0.15) is 10.4 Å². The number of ether oxygens (including phenoxy) is 4. The van der Waals surface area contributed by atoms with E-state index >= 15 is 0 Å². The monoisotopic (exact) mass is 414 g/mol. The first-order valence-electron chi connectivity index (χ1n) is 9.36. The number of hydrogen-bond donors (Lipinski definition) is 0. The van der Waals surface area contributed by atoms with Crippen LogP contribution in [0.3, 0.4) is 0 Å². The summed E-state index contributed by atoms with van der Waals surface area (Å²) in [7, 11) is 0. The van der Waals surface area contributed by atoms with Crippen molar-refractivity contribution in [2.75, 3.05) is 38.8 Å². The highest BCUT2D eigenvalue weighted by Gasteiger charge is 2.27. The van der Waals surface area contributed by atoms with Gasteiger partial charge in [-0.3, -0.25) is 4.79 Å². The standard InChI is InChI=1S/C21H22N2O5S/c1-2-10-29-20-17(4-3-7-22-20)21(24)23-8-9-25-16(12-23)13-26-15-5-6-18-19(11-15)28-14-27-18/h2-7,11,16H,1,8-10,12-14H2. The zero-order chi connectivity index (χ0) is 20.1. The maximum atomic E-state index is 13.1. The Morgan fingerprint density at radius 1 is 1.34 bits per heavy atom. The summed E-state index contributed by atoms with van der Waals surface area (Å²) in [5.41, 5.74) is 0.608. The van der Waals surface area contributed by atoms with Crippen LogP contribution in [0.4, 0.5) is 0 Å². The molecule has 2 aliphatic heterocycles. The highest BCUT2D eigenvalue weighted by atomic mass is 32.2. The number of benzene rings is 1. The number of aromatic nitrogens is 1. The van der Waals surface area contributed by atoms with Crippen LogP contribution in [0.5, 0.6) is 17.2 Å². The third kappa shape index (κ3) is 4.65. The molecule has 1 aromatic heterocycles. The van der Waals surface area contributed by atoms with Crippen molar-refractivity contribution in [3.05, 3.63) is 54.7 Å². The Balaban J connectivity index is 1.37. The molecule has 0 bridgehead atoms. The average Bonchev–Trinajstić information content (AvgIpc) is 3.24. The van der Waals surface area contributed by atoms with Gasteiger partial charge in [0.2, 0.25) is 6.79 Å². The van der Waals surface area contributed by atoms with Crippen LogP contribution in [-0.4, -0.2) is 60.7 Å². The molecule has 0 N–H and O–H groups in total. The normalized spacial score (nSPS) is 17.8. The number of pyridine rings is 1. The molecule has 0 saturated carbocycles. The molecule has 29 heavy (non-hydrogen) atoms. The Kier molecular flexibility index (Phi) is 6.21. The van der Waals surface area contributed by atoms with E-state index in [0.29, 0.717) is 54.9 Å². The van der Waals surface area contributed by atoms with Crippen LogP contribution in [0.2, 0.25) is 0 Å². The molecular weight excluding hydrogens is 392 g/mol. The highest BCUT2D eigenvalue weighted by Crippen LogP contribution is 2.35.